The van der Waals surface area contributed by atoms with E-state index in [2.05, 4.69) is 0 Å². The first kappa shape index (κ1) is 15.3. The maximum Gasteiger partial charge on any atom is 0.347 e. The second-order valence-corrected chi connectivity index (χ2v) is 5.01. The highest BCUT2D eigenvalue weighted by atomic mass is 16.6. The highest BCUT2D eigenvalue weighted by Crippen LogP contribution is 2.15. The van der Waals surface area contributed by atoms with Crippen LogP contribution in [0, 0.1) is 11.3 Å². The lowest BCUT2D eigenvalue weighted by molar-refractivity contribution is -0.156. The molecule has 1 aliphatic heterocycles. The van der Waals surface area contributed by atoms with Crippen molar-refractivity contribution in [2.24, 2.45) is 0 Å². The standard InChI is InChI=1S/C16H19NO4/c1-12(21-14-7-5-13(10-17)6-8-14)16(18)20-11-15-4-2-3-9-19-15/h5-8,12,15H,2-4,9,11H2,1H3. The van der Waals surface area contributed by atoms with E-state index >= 15 is 0 Å². The molecule has 5 nitrogen and oxygen atoms in total. The first-order chi connectivity index (χ1) is 10.2. The van der Waals surface area contributed by atoms with E-state index in [0.29, 0.717) is 11.3 Å². The van der Waals surface area contributed by atoms with E-state index in [-0.39, 0.29) is 12.7 Å². The molecule has 0 N–H and O–H groups in total. The second-order valence-electron chi connectivity index (χ2n) is 5.01. The van der Waals surface area contributed by atoms with E-state index in [1.54, 1.807) is 31.2 Å². The molecule has 0 spiro atoms. The van der Waals surface area contributed by atoms with E-state index in [9.17, 15) is 4.79 Å². The zero-order chi connectivity index (χ0) is 15.1. The molecule has 1 heterocycles. The lowest BCUT2D eigenvalue weighted by Crippen LogP contribution is -2.31. The third-order valence-electron chi connectivity index (χ3n) is 3.31. The molecule has 0 amide bonds. The van der Waals surface area contributed by atoms with Crippen LogP contribution in [-0.4, -0.2) is 31.4 Å². The largest absolute Gasteiger partial charge is 0.479 e. The van der Waals surface area contributed by atoms with Crippen LogP contribution in [0.25, 0.3) is 0 Å². The smallest absolute Gasteiger partial charge is 0.347 e. The number of carbonyl (C=O) groups excluding carboxylic acids is 1. The van der Waals surface area contributed by atoms with Crippen LogP contribution in [0.1, 0.15) is 31.7 Å². The van der Waals surface area contributed by atoms with Crippen molar-refractivity contribution in [1.29, 1.82) is 5.26 Å². The van der Waals surface area contributed by atoms with Crippen molar-refractivity contribution < 1.29 is 19.0 Å². The minimum Gasteiger partial charge on any atom is -0.479 e. The normalized spacial score (nSPS) is 19.3. The van der Waals surface area contributed by atoms with Gasteiger partial charge in [0.15, 0.2) is 6.10 Å². The molecule has 2 unspecified atom stereocenters. The van der Waals surface area contributed by atoms with Gasteiger partial charge in [0, 0.05) is 6.61 Å². The van der Waals surface area contributed by atoms with E-state index in [4.69, 9.17) is 19.5 Å². The number of nitrogens with zero attached hydrogens (tertiary/aromatic N) is 1. The fraction of sp³-hybridized carbons (Fsp3) is 0.500. The van der Waals surface area contributed by atoms with Crippen molar-refractivity contribution >= 4 is 5.97 Å². The molecule has 1 aromatic carbocycles. The van der Waals surface area contributed by atoms with E-state index in [1.165, 1.54) is 0 Å². The average Bonchev–Trinajstić information content (AvgIpc) is 2.54. The Hall–Kier alpha value is -2.06. The zero-order valence-electron chi connectivity index (χ0n) is 12.1. The van der Waals surface area contributed by atoms with Gasteiger partial charge in [-0.05, 0) is 50.5 Å². The van der Waals surface area contributed by atoms with E-state index < -0.39 is 12.1 Å². The van der Waals surface area contributed by atoms with Gasteiger partial charge in [-0.25, -0.2) is 4.79 Å². The summed E-state index contributed by atoms with van der Waals surface area (Å²) < 4.78 is 16.2. The maximum absolute atomic E-state index is 11.9. The first-order valence-corrected chi connectivity index (χ1v) is 7.14. The molecular weight excluding hydrogens is 270 g/mol. The molecule has 1 aromatic rings. The van der Waals surface area contributed by atoms with Gasteiger partial charge in [-0.2, -0.15) is 5.26 Å². The number of nitriles is 1. The van der Waals surface area contributed by atoms with Crippen LogP contribution in [0.4, 0.5) is 0 Å². The Morgan fingerprint density at radius 1 is 1.43 bits per heavy atom. The Morgan fingerprint density at radius 3 is 2.81 bits per heavy atom. The molecule has 0 radical (unpaired) electrons. The molecule has 21 heavy (non-hydrogen) atoms. The number of ether oxygens (including phenoxy) is 3. The van der Waals surface area contributed by atoms with Gasteiger partial charge in [0.25, 0.3) is 0 Å². The van der Waals surface area contributed by atoms with Crippen LogP contribution in [0.5, 0.6) is 5.75 Å². The fourth-order valence-corrected chi connectivity index (χ4v) is 2.09. The Labute approximate surface area is 124 Å². The predicted molar refractivity (Wildman–Crippen MR) is 75.8 cm³/mol. The summed E-state index contributed by atoms with van der Waals surface area (Å²) in [6, 6.07) is 8.63. The van der Waals surface area contributed by atoms with Gasteiger partial charge in [-0.15, -0.1) is 0 Å². The third kappa shape index (κ3) is 4.76. The lowest BCUT2D eigenvalue weighted by Gasteiger charge is -2.23. The SMILES string of the molecule is CC(Oc1ccc(C#N)cc1)C(=O)OCC1CCCCO1. The monoisotopic (exact) mass is 289 g/mol. The van der Waals surface area contributed by atoms with Crippen LogP contribution < -0.4 is 4.74 Å². The summed E-state index contributed by atoms with van der Waals surface area (Å²) in [6.45, 7) is 2.65. The summed E-state index contributed by atoms with van der Waals surface area (Å²) in [7, 11) is 0. The van der Waals surface area contributed by atoms with Crippen LogP contribution in [-0.2, 0) is 14.3 Å². The highest BCUT2D eigenvalue weighted by molar-refractivity contribution is 5.74. The molecule has 0 aromatic heterocycles. The quantitative estimate of drug-likeness (QED) is 0.779. The lowest BCUT2D eigenvalue weighted by atomic mass is 10.1. The van der Waals surface area contributed by atoms with Crippen molar-refractivity contribution in [2.45, 2.75) is 38.4 Å². The van der Waals surface area contributed by atoms with Crippen molar-refractivity contribution in [3.63, 3.8) is 0 Å². The van der Waals surface area contributed by atoms with Crippen LogP contribution in [0.3, 0.4) is 0 Å². The van der Waals surface area contributed by atoms with Gasteiger partial charge in [0.2, 0.25) is 0 Å². The molecule has 0 saturated carbocycles. The molecule has 2 rings (SSSR count). The summed E-state index contributed by atoms with van der Waals surface area (Å²) in [6.07, 6.45) is 2.42. The first-order valence-electron chi connectivity index (χ1n) is 7.14. The van der Waals surface area contributed by atoms with Gasteiger partial charge < -0.3 is 14.2 Å². The molecule has 0 bridgehead atoms. The van der Waals surface area contributed by atoms with Gasteiger partial charge in [0.05, 0.1) is 17.7 Å². The summed E-state index contributed by atoms with van der Waals surface area (Å²) in [5.41, 5.74) is 0.548. The average molecular weight is 289 g/mol. The summed E-state index contributed by atoms with van der Waals surface area (Å²) in [5.74, 6) is 0.126. The number of benzene rings is 1. The summed E-state index contributed by atoms with van der Waals surface area (Å²) in [4.78, 5) is 11.9. The van der Waals surface area contributed by atoms with Crippen LogP contribution in [0.15, 0.2) is 24.3 Å². The minimum absolute atomic E-state index is 0.00446. The van der Waals surface area contributed by atoms with Crippen molar-refractivity contribution in [3.8, 4) is 11.8 Å². The van der Waals surface area contributed by atoms with Crippen LogP contribution >= 0.6 is 0 Å². The van der Waals surface area contributed by atoms with Gasteiger partial charge in [-0.3, -0.25) is 0 Å². The molecule has 2 atom stereocenters. The number of carbonyl (C=O) groups is 1. The number of rotatable bonds is 5. The number of hydrogen-bond donors (Lipinski definition) is 0. The summed E-state index contributed by atoms with van der Waals surface area (Å²) >= 11 is 0. The topological polar surface area (TPSA) is 68.5 Å². The zero-order valence-corrected chi connectivity index (χ0v) is 12.1. The van der Waals surface area contributed by atoms with E-state index in [1.807, 2.05) is 6.07 Å². The Balaban J connectivity index is 1.77. The van der Waals surface area contributed by atoms with E-state index in [0.717, 1.165) is 25.9 Å². The Kier molecular flexibility index (Phi) is 5.59. The van der Waals surface area contributed by atoms with Crippen molar-refractivity contribution in [1.82, 2.24) is 0 Å². The van der Waals surface area contributed by atoms with Crippen LogP contribution in [0.2, 0.25) is 0 Å². The fourth-order valence-electron chi connectivity index (χ4n) is 2.09. The molecular formula is C16H19NO4. The molecule has 1 fully saturated rings. The van der Waals surface area contributed by atoms with Gasteiger partial charge in [0.1, 0.15) is 12.4 Å². The van der Waals surface area contributed by atoms with Crippen molar-refractivity contribution in [3.05, 3.63) is 29.8 Å². The molecule has 112 valence electrons. The molecule has 0 aliphatic carbocycles. The van der Waals surface area contributed by atoms with Gasteiger partial charge in [-0.1, -0.05) is 0 Å². The summed E-state index contributed by atoms with van der Waals surface area (Å²) in [5, 5.41) is 8.72. The number of esters is 1. The predicted octanol–water partition coefficient (Wildman–Crippen LogP) is 2.44. The highest BCUT2D eigenvalue weighted by Gasteiger charge is 2.20. The molecule has 1 aliphatic rings. The minimum atomic E-state index is -0.693. The van der Waals surface area contributed by atoms with Crippen molar-refractivity contribution in [2.75, 3.05) is 13.2 Å². The number of hydrogen-bond acceptors (Lipinski definition) is 5. The van der Waals surface area contributed by atoms with Gasteiger partial charge >= 0.3 is 5.97 Å². The third-order valence-corrected chi connectivity index (χ3v) is 3.31. The Bertz CT molecular complexity index is 500. The second kappa shape index (κ2) is 7.65. The molecule has 1 saturated heterocycles. The Morgan fingerprint density at radius 2 is 2.19 bits per heavy atom. The maximum atomic E-state index is 11.9. The molecule has 5 heteroatoms.